The van der Waals surface area contributed by atoms with Crippen LogP contribution >= 0.6 is 0 Å². The molecule has 0 aromatic carbocycles. The van der Waals surface area contributed by atoms with Crippen molar-refractivity contribution in [2.75, 3.05) is 0 Å². The molecule has 0 aromatic rings. The first kappa shape index (κ1) is 13.5. The Labute approximate surface area is 90.0 Å². The molecule has 0 amide bonds. The van der Waals surface area contributed by atoms with Gasteiger partial charge in [0.05, 0.1) is 0 Å². The average Bonchev–Trinajstić information content (AvgIpc) is 2.03. The SMILES string of the molecule is C=C(CC(CCC)CCC)NC(C)C. The van der Waals surface area contributed by atoms with Crippen LogP contribution in [0.2, 0.25) is 0 Å². The maximum absolute atomic E-state index is 4.09. The lowest BCUT2D eigenvalue weighted by atomic mass is 9.93. The van der Waals surface area contributed by atoms with Gasteiger partial charge in [-0.3, -0.25) is 0 Å². The summed E-state index contributed by atoms with van der Waals surface area (Å²) in [6, 6.07) is 0.520. The highest BCUT2D eigenvalue weighted by atomic mass is 14.9. The Hall–Kier alpha value is -0.460. The molecule has 0 unspecified atom stereocenters. The van der Waals surface area contributed by atoms with E-state index < -0.39 is 0 Å². The molecule has 0 saturated heterocycles. The van der Waals surface area contributed by atoms with E-state index in [0.717, 1.165) is 12.3 Å². The highest BCUT2D eigenvalue weighted by Crippen LogP contribution is 2.20. The monoisotopic (exact) mass is 197 g/mol. The second kappa shape index (κ2) is 7.90. The predicted octanol–water partition coefficient (Wildman–Crippen LogP) is 4.10. The van der Waals surface area contributed by atoms with Crippen molar-refractivity contribution in [3.63, 3.8) is 0 Å². The van der Waals surface area contributed by atoms with Crippen LogP contribution in [0.25, 0.3) is 0 Å². The van der Waals surface area contributed by atoms with E-state index in [4.69, 9.17) is 0 Å². The van der Waals surface area contributed by atoms with Crippen LogP contribution < -0.4 is 5.32 Å². The van der Waals surface area contributed by atoms with Crippen molar-refractivity contribution in [3.8, 4) is 0 Å². The van der Waals surface area contributed by atoms with E-state index in [1.54, 1.807) is 0 Å². The van der Waals surface area contributed by atoms with Crippen LogP contribution in [0.1, 0.15) is 59.8 Å². The molecule has 14 heavy (non-hydrogen) atoms. The maximum Gasteiger partial charge on any atom is 0.0201 e. The zero-order valence-electron chi connectivity index (χ0n) is 10.4. The normalized spacial score (nSPS) is 11.0. The summed E-state index contributed by atoms with van der Waals surface area (Å²) in [4.78, 5) is 0. The quantitative estimate of drug-likeness (QED) is 0.617. The van der Waals surface area contributed by atoms with E-state index in [-0.39, 0.29) is 0 Å². The predicted molar refractivity (Wildman–Crippen MR) is 65.3 cm³/mol. The lowest BCUT2D eigenvalue weighted by molar-refractivity contribution is 0.423. The van der Waals surface area contributed by atoms with E-state index in [1.165, 1.54) is 31.4 Å². The van der Waals surface area contributed by atoms with E-state index in [9.17, 15) is 0 Å². The number of hydrogen-bond donors (Lipinski definition) is 1. The van der Waals surface area contributed by atoms with Gasteiger partial charge >= 0.3 is 0 Å². The first-order chi connectivity index (χ1) is 6.60. The molecule has 0 fully saturated rings. The van der Waals surface area contributed by atoms with Crippen LogP contribution in [0.4, 0.5) is 0 Å². The second-order valence-electron chi connectivity index (χ2n) is 4.55. The van der Waals surface area contributed by atoms with Gasteiger partial charge in [0.15, 0.2) is 0 Å². The molecule has 0 saturated carbocycles. The molecular weight excluding hydrogens is 170 g/mol. The molecule has 0 heterocycles. The molecule has 84 valence electrons. The molecule has 0 aromatic heterocycles. The summed E-state index contributed by atoms with van der Waals surface area (Å²) in [7, 11) is 0. The lowest BCUT2D eigenvalue weighted by Crippen LogP contribution is -2.22. The Morgan fingerprint density at radius 3 is 2.00 bits per heavy atom. The summed E-state index contributed by atoms with van der Waals surface area (Å²) in [6.45, 7) is 13.0. The highest BCUT2D eigenvalue weighted by molar-refractivity contribution is 4.94. The van der Waals surface area contributed by atoms with Crippen LogP contribution in [0.15, 0.2) is 12.3 Å². The number of allylic oxidation sites excluding steroid dienone is 1. The van der Waals surface area contributed by atoms with Gasteiger partial charge in [0, 0.05) is 11.7 Å². The fourth-order valence-corrected chi connectivity index (χ4v) is 1.98. The third kappa shape index (κ3) is 6.99. The smallest absolute Gasteiger partial charge is 0.0201 e. The van der Waals surface area contributed by atoms with Gasteiger partial charge < -0.3 is 5.32 Å². The molecule has 1 nitrogen and oxygen atoms in total. The molecule has 0 spiro atoms. The van der Waals surface area contributed by atoms with Gasteiger partial charge in [0.1, 0.15) is 0 Å². The van der Waals surface area contributed by atoms with Crippen LogP contribution in [-0.2, 0) is 0 Å². The summed E-state index contributed by atoms with van der Waals surface area (Å²) >= 11 is 0. The Morgan fingerprint density at radius 1 is 1.14 bits per heavy atom. The maximum atomic E-state index is 4.09. The third-order valence-electron chi connectivity index (χ3n) is 2.42. The number of nitrogens with one attached hydrogen (secondary N) is 1. The lowest BCUT2D eigenvalue weighted by Gasteiger charge is -2.19. The molecular formula is C13H27N. The number of rotatable bonds is 8. The first-order valence-corrected chi connectivity index (χ1v) is 6.04. The van der Waals surface area contributed by atoms with Gasteiger partial charge in [0.2, 0.25) is 0 Å². The van der Waals surface area contributed by atoms with Crippen LogP contribution in [0, 0.1) is 5.92 Å². The first-order valence-electron chi connectivity index (χ1n) is 6.04. The fourth-order valence-electron chi connectivity index (χ4n) is 1.98. The molecule has 0 radical (unpaired) electrons. The van der Waals surface area contributed by atoms with Gasteiger partial charge in [-0.1, -0.05) is 46.1 Å². The highest BCUT2D eigenvalue weighted by Gasteiger charge is 2.08. The number of hydrogen-bond acceptors (Lipinski definition) is 1. The van der Waals surface area contributed by atoms with E-state index >= 15 is 0 Å². The minimum absolute atomic E-state index is 0.520. The van der Waals surface area contributed by atoms with Crippen molar-refractivity contribution in [2.24, 2.45) is 5.92 Å². The Kier molecular flexibility index (Phi) is 7.64. The molecule has 0 aliphatic carbocycles. The molecule has 0 rings (SSSR count). The summed E-state index contributed by atoms with van der Waals surface area (Å²) in [5, 5.41) is 3.40. The van der Waals surface area contributed by atoms with Crippen LogP contribution in [-0.4, -0.2) is 6.04 Å². The zero-order valence-corrected chi connectivity index (χ0v) is 10.4. The van der Waals surface area contributed by atoms with Gasteiger partial charge in [-0.2, -0.15) is 0 Å². The molecule has 0 aliphatic heterocycles. The topological polar surface area (TPSA) is 12.0 Å². The van der Waals surface area contributed by atoms with E-state index in [0.29, 0.717) is 6.04 Å². The van der Waals surface area contributed by atoms with Gasteiger partial charge in [-0.25, -0.2) is 0 Å². The summed E-state index contributed by atoms with van der Waals surface area (Å²) < 4.78 is 0. The van der Waals surface area contributed by atoms with Crippen molar-refractivity contribution in [1.29, 1.82) is 0 Å². The molecule has 1 heteroatoms. The minimum Gasteiger partial charge on any atom is -0.387 e. The summed E-state index contributed by atoms with van der Waals surface area (Å²) in [6.07, 6.45) is 6.42. The minimum atomic E-state index is 0.520. The van der Waals surface area contributed by atoms with Crippen molar-refractivity contribution < 1.29 is 0 Å². The third-order valence-corrected chi connectivity index (χ3v) is 2.42. The van der Waals surface area contributed by atoms with E-state index in [2.05, 4.69) is 39.6 Å². The average molecular weight is 197 g/mol. The largest absolute Gasteiger partial charge is 0.387 e. The van der Waals surface area contributed by atoms with Crippen LogP contribution in [0.3, 0.4) is 0 Å². The summed E-state index contributed by atoms with van der Waals surface area (Å²) in [5.41, 5.74) is 1.21. The second-order valence-corrected chi connectivity index (χ2v) is 4.55. The Morgan fingerprint density at radius 2 is 1.64 bits per heavy atom. The summed E-state index contributed by atoms with van der Waals surface area (Å²) in [5.74, 6) is 0.837. The molecule has 0 atom stereocenters. The molecule has 0 aliphatic rings. The van der Waals surface area contributed by atoms with Crippen molar-refractivity contribution in [1.82, 2.24) is 5.32 Å². The van der Waals surface area contributed by atoms with Crippen molar-refractivity contribution in [3.05, 3.63) is 12.3 Å². The zero-order chi connectivity index (χ0) is 11.0. The fraction of sp³-hybridized carbons (Fsp3) is 0.846. The van der Waals surface area contributed by atoms with Gasteiger partial charge in [-0.15, -0.1) is 0 Å². The van der Waals surface area contributed by atoms with Gasteiger partial charge in [0.25, 0.3) is 0 Å². The standard InChI is InChI=1S/C13H27N/c1-6-8-13(9-7-2)10-12(5)14-11(3)4/h11,13-14H,5-10H2,1-4H3. The van der Waals surface area contributed by atoms with Crippen molar-refractivity contribution in [2.45, 2.75) is 65.8 Å². The van der Waals surface area contributed by atoms with Crippen molar-refractivity contribution >= 4 is 0 Å². The van der Waals surface area contributed by atoms with Crippen LogP contribution in [0.5, 0.6) is 0 Å². The van der Waals surface area contributed by atoms with E-state index in [1.807, 2.05) is 0 Å². The molecule has 1 N–H and O–H groups in total. The Bertz CT molecular complexity index is 143. The van der Waals surface area contributed by atoms with Gasteiger partial charge in [-0.05, 0) is 26.2 Å². The Balaban J connectivity index is 3.82. The molecule has 0 bridgehead atoms.